The van der Waals surface area contributed by atoms with Gasteiger partial charge in [0, 0.05) is 20.2 Å². The minimum atomic E-state index is -0.689. The number of carbonyl (C=O) groups excluding carboxylic acids is 1. The van der Waals surface area contributed by atoms with Gasteiger partial charge in [-0.1, -0.05) is 19.1 Å². The van der Waals surface area contributed by atoms with Crippen LogP contribution in [0.15, 0.2) is 33.9 Å². The molecule has 8 nitrogen and oxygen atoms in total. The van der Waals surface area contributed by atoms with Crippen LogP contribution in [-0.2, 0) is 11.3 Å². The van der Waals surface area contributed by atoms with Crippen molar-refractivity contribution < 1.29 is 9.53 Å². The van der Waals surface area contributed by atoms with Crippen molar-refractivity contribution >= 4 is 5.91 Å². The number of aryl methyl sites for hydroxylation is 1. The van der Waals surface area contributed by atoms with Crippen LogP contribution in [0.1, 0.15) is 29.4 Å². The van der Waals surface area contributed by atoms with E-state index in [1.165, 1.54) is 7.11 Å². The van der Waals surface area contributed by atoms with Crippen LogP contribution >= 0.6 is 0 Å². The molecule has 0 saturated heterocycles. The van der Waals surface area contributed by atoms with Crippen molar-refractivity contribution in [2.45, 2.75) is 26.8 Å². The van der Waals surface area contributed by atoms with Crippen molar-refractivity contribution in [3.8, 4) is 5.69 Å². The highest BCUT2D eigenvalue weighted by molar-refractivity contribution is 5.91. The number of nitrogens with one attached hydrogen (secondary N) is 1. The average Bonchev–Trinajstić information content (AvgIpc) is 2.59. The zero-order chi connectivity index (χ0) is 18.4. The second-order valence-corrected chi connectivity index (χ2v) is 5.59. The van der Waals surface area contributed by atoms with Crippen molar-refractivity contribution in [3.05, 3.63) is 56.4 Å². The maximum atomic E-state index is 12.6. The molecule has 0 spiro atoms. The van der Waals surface area contributed by atoms with E-state index >= 15 is 0 Å². The highest BCUT2D eigenvalue weighted by Crippen LogP contribution is 2.06. The zero-order valence-electron chi connectivity index (χ0n) is 14.6. The van der Waals surface area contributed by atoms with Gasteiger partial charge in [0.1, 0.15) is 0 Å². The Bertz CT molecular complexity index is 870. The summed E-state index contributed by atoms with van der Waals surface area (Å²) in [6, 6.07) is 7.14. The second kappa shape index (κ2) is 8.39. The summed E-state index contributed by atoms with van der Waals surface area (Å²) < 4.78 is 7.01. The molecule has 0 aliphatic heterocycles. The van der Waals surface area contributed by atoms with Gasteiger partial charge >= 0.3 is 5.69 Å². The molecule has 0 bridgehead atoms. The Morgan fingerprint density at radius 2 is 2.08 bits per heavy atom. The molecule has 2 rings (SSSR count). The van der Waals surface area contributed by atoms with Gasteiger partial charge in [0.2, 0.25) is 5.69 Å². The molecule has 134 valence electrons. The maximum absolute atomic E-state index is 12.6. The lowest BCUT2D eigenvalue weighted by Crippen LogP contribution is -2.46. The second-order valence-electron chi connectivity index (χ2n) is 5.59. The lowest BCUT2D eigenvalue weighted by molar-refractivity contribution is 0.0927. The van der Waals surface area contributed by atoms with Gasteiger partial charge in [-0.3, -0.25) is 14.2 Å². The van der Waals surface area contributed by atoms with E-state index in [1.54, 1.807) is 18.2 Å². The highest BCUT2D eigenvalue weighted by atomic mass is 16.5. The fourth-order valence-corrected chi connectivity index (χ4v) is 2.36. The van der Waals surface area contributed by atoms with Crippen LogP contribution in [0.2, 0.25) is 0 Å². The molecule has 0 saturated carbocycles. The Labute approximate surface area is 145 Å². The van der Waals surface area contributed by atoms with Gasteiger partial charge in [0.25, 0.3) is 11.5 Å². The molecule has 25 heavy (non-hydrogen) atoms. The van der Waals surface area contributed by atoms with Gasteiger partial charge in [-0.25, -0.2) is 4.79 Å². The summed E-state index contributed by atoms with van der Waals surface area (Å²) in [4.78, 5) is 37.4. The first-order chi connectivity index (χ1) is 12.0. The van der Waals surface area contributed by atoms with Crippen molar-refractivity contribution in [1.29, 1.82) is 0 Å². The monoisotopic (exact) mass is 346 g/mol. The van der Waals surface area contributed by atoms with Crippen LogP contribution in [0, 0.1) is 6.92 Å². The fourth-order valence-electron chi connectivity index (χ4n) is 2.36. The maximum Gasteiger partial charge on any atom is 0.352 e. The number of ether oxygens (including phenoxy) is 1. The summed E-state index contributed by atoms with van der Waals surface area (Å²) in [6.07, 6.45) is 0.581. The first kappa shape index (κ1) is 18.6. The Morgan fingerprint density at radius 3 is 2.72 bits per heavy atom. The number of amides is 1. The van der Waals surface area contributed by atoms with E-state index in [0.717, 1.165) is 14.8 Å². The molecule has 1 heterocycles. The molecule has 0 unspecified atom stereocenters. The molecule has 0 atom stereocenters. The van der Waals surface area contributed by atoms with Crippen LogP contribution in [0.25, 0.3) is 5.69 Å². The van der Waals surface area contributed by atoms with Crippen LogP contribution in [-0.4, -0.2) is 40.5 Å². The van der Waals surface area contributed by atoms with Gasteiger partial charge in [-0.05, 0) is 31.0 Å². The molecule has 2 aromatic rings. The van der Waals surface area contributed by atoms with Gasteiger partial charge in [-0.15, -0.1) is 0 Å². The van der Waals surface area contributed by atoms with Gasteiger partial charge in [0.05, 0.1) is 12.3 Å². The molecule has 0 fully saturated rings. The number of carbonyl (C=O) groups is 1. The summed E-state index contributed by atoms with van der Waals surface area (Å²) in [7, 11) is 1.51. The number of hydrogen-bond donors (Lipinski definition) is 1. The van der Waals surface area contributed by atoms with Crippen LogP contribution < -0.4 is 16.6 Å². The van der Waals surface area contributed by atoms with E-state index in [4.69, 9.17) is 4.74 Å². The number of benzene rings is 1. The lowest BCUT2D eigenvalue weighted by atomic mass is 10.2. The van der Waals surface area contributed by atoms with E-state index < -0.39 is 17.2 Å². The number of rotatable bonds is 7. The largest absolute Gasteiger partial charge is 0.383 e. The minimum absolute atomic E-state index is 0.213. The summed E-state index contributed by atoms with van der Waals surface area (Å²) >= 11 is 0. The third kappa shape index (κ3) is 4.21. The van der Waals surface area contributed by atoms with Crippen molar-refractivity contribution in [2.75, 3.05) is 20.3 Å². The molecule has 1 aromatic carbocycles. The Hall–Kier alpha value is -2.74. The molecule has 0 aliphatic rings. The van der Waals surface area contributed by atoms with Crippen molar-refractivity contribution in [3.63, 3.8) is 0 Å². The smallest absolute Gasteiger partial charge is 0.352 e. The Morgan fingerprint density at radius 1 is 1.32 bits per heavy atom. The molecule has 0 radical (unpaired) electrons. The van der Waals surface area contributed by atoms with Crippen LogP contribution in [0.4, 0.5) is 0 Å². The predicted molar refractivity (Wildman–Crippen MR) is 93.3 cm³/mol. The van der Waals surface area contributed by atoms with Gasteiger partial charge < -0.3 is 10.1 Å². The third-order valence-electron chi connectivity index (χ3n) is 3.56. The van der Waals surface area contributed by atoms with E-state index in [9.17, 15) is 14.4 Å². The van der Waals surface area contributed by atoms with Crippen LogP contribution in [0.3, 0.4) is 0 Å². The van der Waals surface area contributed by atoms with E-state index in [0.29, 0.717) is 18.7 Å². The molecular weight excluding hydrogens is 324 g/mol. The van der Waals surface area contributed by atoms with Crippen molar-refractivity contribution in [1.82, 2.24) is 19.7 Å². The standard InChI is InChI=1S/C17H22N4O4/c1-4-9-20-16(23)14(15(22)18-8-10-25-3)19-21(17(20)24)13-7-5-6-12(2)11-13/h5-7,11H,4,8-10H2,1-3H3,(H,18,22). The first-order valence-electron chi connectivity index (χ1n) is 8.08. The first-order valence-corrected chi connectivity index (χ1v) is 8.08. The number of nitrogens with zero attached hydrogens (tertiary/aromatic N) is 3. The fraction of sp³-hybridized carbons (Fsp3) is 0.412. The summed E-state index contributed by atoms with van der Waals surface area (Å²) in [5.41, 5.74) is -0.131. The molecular formula is C17H22N4O4. The van der Waals surface area contributed by atoms with E-state index in [2.05, 4.69) is 10.4 Å². The Kier molecular flexibility index (Phi) is 6.24. The van der Waals surface area contributed by atoms with E-state index in [1.807, 2.05) is 19.9 Å². The highest BCUT2D eigenvalue weighted by Gasteiger charge is 2.19. The summed E-state index contributed by atoms with van der Waals surface area (Å²) in [5, 5.41) is 6.59. The predicted octanol–water partition coefficient (Wildman–Crippen LogP) is 0.489. The molecule has 1 N–H and O–H groups in total. The summed E-state index contributed by atoms with van der Waals surface area (Å²) in [6.45, 7) is 4.50. The Balaban J connectivity index is 2.58. The normalized spacial score (nSPS) is 10.7. The lowest BCUT2D eigenvalue weighted by Gasteiger charge is -2.12. The average molecular weight is 346 g/mol. The van der Waals surface area contributed by atoms with Gasteiger partial charge in [-0.2, -0.15) is 9.78 Å². The quantitative estimate of drug-likeness (QED) is 0.736. The zero-order valence-corrected chi connectivity index (χ0v) is 14.6. The van der Waals surface area contributed by atoms with Gasteiger partial charge in [0.15, 0.2) is 0 Å². The molecule has 1 aromatic heterocycles. The molecule has 8 heteroatoms. The number of methoxy groups -OCH3 is 1. The molecule has 0 aliphatic carbocycles. The third-order valence-corrected chi connectivity index (χ3v) is 3.56. The topological polar surface area (TPSA) is 95.2 Å². The SMILES string of the molecule is CCCn1c(=O)c(C(=O)NCCOC)nn(-c2cccc(C)c2)c1=O. The summed E-state index contributed by atoms with van der Waals surface area (Å²) in [5.74, 6) is -0.631. The van der Waals surface area contributed by atoms with Crippen molar-refractivity contribution in [2.24, 2.45) is 0 Å². The van der Waals surface area contributed by atoms with E-state index in [-0.39, 0.29) is 18.8 Å². The van der Waals surface area contributed by atoms with Crippen LogP contribution in [0.5, 0.6) is 0 Å². The minimum Gasteiger partial charge on any atom is -0.383 e. The molecule has 1 amide bonds. The number of hydrogen-bond acceptors (Lipinski definition) is 5. The number of aromatic nitrogens is 3.